The molecule has 2 aromatic heterocycles. The van der Waals surface area contributed by atoms with Crippen LogP contribution in [0.15, 0.2) is 64.1 Å². The van der Waals surface area contributed by atoms with E-state index in [1.165, 1.54) is 0 Å². The second kappa shape index (κ2) is 7.89. The van der Waals surface area contributed by atoms with Crippen LogP contribution in [-0.4, -0.2) is 37.9 Å². The van der Waals surface area contributed by atoms with Gasteiger partial charge in [0.05, 0.1) is 11.3 Å². The summed E-state index contributed by atoms with van der Waals surface area (Å²) in [6.07, 6.45) is 2.85. The predicted octanol–water partition coefficient (Wildman–Crippen LogP) is 5.33. The van der Waals surface area contributed by atoms with Gasteiger partial charge < -0.3 is 14.4 Å². The van der Waals surface area contributed by atoms with Crippen LogP contribution < -0.4 is 0 Å². The second-order valence-corrected chi connectivity index (χ2v) is 8.86. The van der Waals surface area contributed by atoms with Gasteiger partial charge in [0.2, 0.25) is 0 Å². The molecule has 31 heavy (non-hydrogen) atoms. The van der Waals surface area contributed by atoms with E-state index in [0.717, 1.165) is 45.7 Å². The number of hydrogen-bond donors (Lipinski definition) is 1. The molecule has 0 aliphatic carbocycles. The number of hydrogen-bond acceptors (Lipinski definition) is 6. The van der Waals surface area contributed by atoms with E-state index in [9.17, 15) is 9.90 Å². The van der Waals surface area contributed by atoms with Crippen molar-refractivity contribution >= 4 is 22.9 Å². The smallest absolute Gasteiger partial charge is 0.335 e. The van der Waals surface area contributed by atoms with E-state index in [4.69, 9.17) is 9.41 Å². The molecule has 6 nitrogen and oxygen atoms in total. The summed E-state index contributed by atoms with van der Waals surface area (Å²) in [6.45, 7) is 4.11. The van der Waals surface area contributed by atoms with Crippen molar-refractivity contribution in [2.45, 2.75) is 38.4 Å². The summed E-state index contributed by atoms with van der Waals surface area (Å²) in [4.78, 5) is 23.3. The minimum absolute atomic E-state index is 0.0443. The number of nitrogens with zero attached hydrogens (tertiary/aromatic N) is 3. The molecule has 0 spiro atoms. The Hall–Kier alpha value is -3.06. The van der Waals surface area contributed by atoms with Gasteiger partial charge in [-0.05, 0) is 55.3 Å². The lowest BCUT2D eigenvalue weighted by atomic mass is 10.0. The largest absolute Gasteiger partial charge is 0.478 e. The Bertz CT molecular complexity index is 1160. The van der Waals surface area contributed by atoms with Gasteiger partial charge in [-0.25, -0.2) is 9.79 Å². The first kappa shape index (κ1) is 19.9. The number of thioether (sulfide) groups is 1. The molecule has 5 rings (SSSR count). The lowest BCUT2D eigenvalue weighted by Crippen LogP contribution is -2.35. The zero-order valence-electron chi connectivity index (χ0n) is 17.4. The van der Waals surface area contributed by atoms with Gasteiger partial charge in [-0.3, -0.25) is 4.98 Å². The van der Waals surface area contributed by atoms with E-state index in [0.29, 0.717) is 6.04 Å². The van der Waals surface area contributed by atoms with E-state index in [-0.39, 0.29) is 17.6 Å². The molecule has 2 aliphatic heterocycles. The van der Waals surface area contributed by atoms with Crippen LogP contribution in [0.2, 0.25) is 0 Å². The Balaban J connectivity index is 1.54. The fourth-order valence-corrected chi connectivity index (χ4v) is 5.73. The summed E-state index contributed by atoms with van der Waals surface area (Å²) < 4.78 is 6.39. The Morgan fingerprint density at radius 2 is 2.13 bits per heavy atom. The van der Waals surface area contributed by atoms with Gasteiger partial charge >= 0.3 is 5.97 Å². The number of aromatic nitrogens is 1. The summed E-state index contributed by atoms with van der Waals surface area (Å²) in [5, 5.41) is 10.3. The van der Waals surface area contributed by atoms with Crippen LogP contribution in [0.3, 0.4) is 0 Å². The number of carboxylic acids is 1. The second-order valence-electron chi connectivity index (χ2n) is 7.87. The van der Waals surface area contributed by atoms with Crippen LogP contribution in [0, 0.1) is 6.92 Å². The molecule has 1 fully saturated rings. The molecule has 1 N–H and O–H groups in total. The molecule has 1 saturated heterocycles. The molecule has 0 bridgehead atoms. The number of aliphatic imine (C=N–C) groups is 1. The Morgan fingerprint density at radius 1 is 1.26 bits per heavy atom. The molecule has 1 aromatic carbocycles. The van der Waals surface area contributed by atoms with Gasteiger partial charge in [-0.1, -0.05) is 30.8 Å². The van der Waals surface area contributed by atoms with Gasteiger partial charge in [0, 0.05) is 23.6 Å². The van der Waals surface area contributed by atoms with Crippen LogP contribution in [0.5, 0.6) is 0 Å². The maximum Gasteiger partial charge on any atom is 0.335 e. The van der Waals surface area contributed by atoms with E-state index >= 15 is 0 Å². The maximum atomic E-state index is 11.3. The molecule has 4 heterocycles. The van der Waals surface area contributed by atoms with Crippen molar-refractivity contribution in [3.05, 3.63) is 77.3 Å². The summed E-state index contributed by atoms with van der Waals surface area (Å²) >= 11 is 1.80. The molecule has 0 amide bonds. The molecule has 3 atom stereocenters. The SMILES string of the molecule is CC[C@H]1CSC2=N[C@H](c3ccccn3)[C@@H](c3ccc(-c4ccc(C(=O)O)cc4C)o3)N21. The monoisotopic (exact) mass is 433 g/mol. The summed E-state index contributed by atoms with van der Waals surface area (Å²) in [5.74, 6) is 1.69. The zero-order chi connectivity index (χ0) is 21.5. The Morgan fingerprint density at radius 3 is 2.84 bits per heavy atom. The summed E-state index contributed by atoms with van der Waals surface area (Å²) in [6, 6.07) is 15.3. The van der Waals surface area contributed by atoms with Crippen molar-refractivity contribution in [1.29, 1.82) is 0 Å². The van der Waals surface area contributed by atoms with Gasteiger partial charge in [-0.15, -0.1) is 0 Å². The number of fused-ring (bicyclic) bond motifs is 1. The summed E-state index contributed by atoms with van der Waals surface area (Å²) in [7, 11) is 0. The minimum atomic E-state index is -0.930. The van der Waals surface area contributed by atoms with Crippen molar-refractivity contribution in [2.24, 2.45) is 4.99 Å². The van der Waals surface area contributed by atoms with E-state index in [2.05, 4.69) is 16.8 Å². The van der Waals surface area contributed by atoms with E-state index in [1.54, 1.807) is 30.1 Å². The van der Waals surface area contributed by atoms with E-state index in [1.807, 2.05) is 43.3 Å². The standard InChI is InChI=1S/C24H23N3O3S/c1-3-16-13-31-24-26-21(18-6-4-5-11-25-18)22(27(16)24)20-10-9-19(30-20)17-8-7-15(23(28)29)12-14(17)2/h4-12,16,21-22H,3,13H2,1-2H3,(H,28,29)/t16-,21+,22+/m0/s1. The van der Waals surface area contributed by atoms with Crippen LogP contribution in [-0.2, 0) is 0 Å². The molecule has 0 radical (unpaired) electrons. The highest BCUT2D eigenvalue weighted by Gasteiger charge is 2.46. The average molecular weight is 434 g/mol. The fourth-order valence-electron chi connectivity index (χ4n) is 4.39. The van der Waals surface area contributed by atoms with Crippen molar-refractivity contribution in [1.82, 2.24) is 9.88 Å². The van der Waals surface area contributed by atoms with Gasteiger partial charge in [-0.2, -0.15) is 0 Å². The topological polar surface area (TPSA) is 78.9 Å². The first-order valence-electron chi connectivity index (χ1n) is 10.4. The van der Waals surface area contributed by atoms with Crippen molar-refractivity contribution < 1.29 is 14.3 Å². The molecule has 0 unspecified atom stereocenters. The minimum Gasteiger partial charge on any atom is -0.478 e. The highest BCUT2D eigenvalue weighted by atomic mass is 32.2. The number of carbonyl (C=O) groups is 1. The number of carboxylic acid groups (broad SMARTS) is 1. The van der Waals surface area contributed by atoms with Crippen LogP contribution in [0.25, 0.3) is 11.3 Å². The Kier molecular flexibility index (Phi) is 5.06. The highest BCUT2D eigenvalue weighted by Crippen LogP contribution is 2.49. The molecular formula is C24H23N3O3S. The van der Waals surface area contributed by atoms with Crippen LogP contribution >= 0.6 is 11.8 Å². The predicted molar refractivity (Wildman–Crippen MR) is 121 cm³/mol. The van der Waals surface area contributed by atoms with Crippen molar-refractivity contribution in [2.75, 3.05) is 5.75 Å². The lowest BCUT2D eigenvalue weighted by Gasteiger charge is -2.30. The third kappa shape index (κ3) is 3.43. The van der Waals surface area contributed by atoms with Gasteiger partial charge in [0.15, 0.2) is 5.17 Å². The number of aryl methyl sites for hydroxylation is 1. The molecule has 158 valence electrons. The maximum absolute atomic E-state index is 11.3. The molecule has 7 heteroatoms. The number of pyridine rings is 1. The molecule has 0 saturated carbocycles. The first-order valence-corrected chi connectivity index (χ1v) is 11.4. The van der Waals surface area contributed by atoms with Crippen LogP contribution in [0.4, 0.5) is 0 Å². The number of rotatable bonds is 5. The average Bonchev–Trinajstić information content (AvgIpc) is 3.49. The fraction of sp³-hybridized carbons (Fsp3) is 0.292. The quantitative estimate of drug-likeness (QED) is 0.586. The third-order valence-electron chi connectivity index (χ3n) is 5.99. The lowest BCUT2D eigenvalue weighted by molar-refractivity contribution is 0.0697. The molecular weight excluding hydrogens is 410 g/mol. The highest BCUT2D eigenvalue weighted by molar-refractivity contribution is 8.14. The zero-order valence-corrected chi connectivity index (χ0v) is 18.2. The number of amidine groups is 1. The van der Waals surface area contributed by atoms with Crippen molar-refractivity contribution in [3.63, 3.8) is 0 Å². The molecule has 3 aromatic rings. The molecule has 2 aliphatic rings. The first-order chi connectivity index (χ1) is 15.1. The van der Waals surface area contributed by atoms with E-state index < -0.39 is 5.97 Å². The van der Waals surface area contributed by atoms with Gasteiger partial charge in [0.1, 0.15) is 23.6 Å². The van der Waals surface area contributed by atoms with Crippen LogP contribution in [0.1, 0.15) is 52.8 Å². The normalized spacial score (nSPS) is 22.5. The van der Waals surface area contributed by atoms with Gasteiger partial charge in [0.25, 0.3) is 0 Å². The number of furan rings is 1. The third-order valence-corrected chi connectivity index (χ3v) is 7.11. The summed E-state index contributed by atoms with van der Waals surface area (Å²) in [5.41, 5.74) is 2.97. The number of aromatic carboxylic acids is 1. The Labute approximate surface area is 185 Å². The van der Waals surface area contributed by atoms with Crippen molar-refractivity contribution in [3.8, 4) is 11.3 Å². The number of benzene rings is 1.